The lowest BCUT2D eigenvalue weighted by Crippen LogP contribution is -2.26. The standard InChI is InChI=1S/C17H15NO2/c1-3-7-14-11-13-10-12-8-5-4-6-9-15(12)16(13)17(19)18(14)20-2/h3-11H,1-2H3. The average molecular weight is 265 g/mol. The highest BCUT2D eigenvalue weighted by Crippen LogP contribution is 2.31. The van der Waals surface area contributed by atoms with Crippen molar-refractivity contribution in [3.05, 3.63) is 64.6 Å². The predicted molar refractivity (Wildman–Crippen MR) is 82.0 cm³/mol. The van der Waals surface area contributed by atoms with E-state index in [9.17, 15) is 4.79 Å². The van der Waals surface area contributed by atoms with Crippen LogP contribution >= 0.6 is 0 Å². The molecular weight excluding hydrogens is 250 g/mol. The van der Waals surface area contributed by atoms with E-state index in [1.165, 1.54) is 11.8 Å². The molecule has 2 aliphatic carbocycles. The van der Waals surface area contributed by atoms with E-state index in [0.717, 1.165) is 22.2 Å². The van der Waals surface area contributed by atoms with Gasteiger partial charge in [0.05, 0.1) is 11.1 Å². The summed E-state index contributed by atoms with van der Waals surface area (Å²) in [6, 6.07) is 13.9. The Hall–Kier alpha value is -2.55. The van der Waals surface area contributed by atoms with Gasteiger partial charge in [0.1, 0.15) is 7.11 Å². The van der Waals surface area contributed by atoms with Crippen LogP contribution in [0.15, 0.2) is 53.3 Å². The molecule has 0 atom stereocenters. The van der Waals surface area contributed by atoms with Gasteiger partial charge in [-0.15, -0.1) is 4.73 Å². The van der Waals surface area contributed by atoms with Crippen molar-refractivity contribution < 1.29 is 4.84 Å². The van der Waals surface area contributed by atoms with E-state index in [0.29, 0.717) is 5.39 Å². The van der Waals surface area contributed by atoms with Crippen LogP contribution in [0.3, 0.4) is 0 Å². The summed E-state index contributed by atoms with van der Waals surface area (Å²) < 4.78 is 1.33. The zero-order valence-corrected chi connectivity index (χ0v) is 11.5. The van der Waals surface area contributed by atoms with Crippen LogP contribution in [0, 0.1) is 0 Å². The normalized spacial score (nSPS) is 11.5. The molecule has 0 fully saturated rings. The van der Waals surface area contributed by atoms with Gasteiger partial charge in [0.25, 0.3) is 5.56 Å². The van der Waals surface area contributed by atoms with E-state index in [1.807, 2.05) is 61.5 Å². The molecule has 0 radical (unpaired) electrons. The van der Waals surface area contributed by atoms with Crippen molar-refractivity contribution in [1.82, 2.24) is 4.73 Å². The molecule has 3 heteroatoms. The van der Waals surface area contributed by atoms with Gasteiger partial charge in [-0.25, -0.2) is 0 Å². The zero-order valence-electron chi connectivity index (χ0n) is 11.5. The van der Waals surface area contributed by atoms with Crippen molar-refractivity contribution in [3.63, 3.8) is 0 Å². The molecule has 2 aliphatic rings. The Morgan fingerprint density at radius 1 is 1.15 bits per heavy atom. The molecule has 0 saturated carbocycles. The molecule has 1 aromatic heterocycles. The molecule has 0 aliphatic heterocycles. The summed E-state index contributed by atoms with van der Waals surface area (Å²) in [4.78, 5) is 17.9. The van der Waals surface area contributed by atoms with Crippen LogP contribution in [0.25, 0.3) is 28.0 Å². The van der Waals surface area contributed by atoms with E-state index in [1.54, 1.807) is 0 Å². The third-order valence-electron chi connectivity index (χ3n) is 3.40. The van der Waals surface area contributed by atoms with Gasteiger partial charge >= 0.3 is 0 Å². The minimum atomic E-state index is -0.126. The van der Waals surface area contributed by atoms with Crippen LogP contribution in [0.4, 0.5) is 0 Å². The van der Waals surface area contributed by atoms with Gasteiger partial charge < -0.3 is 4.84 Å². The quantitative estimate of drug-likeness (QED) is 0.712. The summed E-state index contributed by atoms with van der Waals surface area (Å²) in [6.45, 7) is 1.91. The number of rotatable bonds is 2. The highest BCUT2D eigenvalue weighted by molar-refractivity contribution is 6.02. The molecule has 100 valence electrons. The van der Waals surface area contributed by atoms with Crippen LogP contribution in [0.2, 0.25) is 0 Å². The Kier molecular flexibility index (Phi) is 3.03. The number of nitrogens with zero attached hydrogens (tertiary/aromatic N) is 1. The minimum absolute atomic E-state index is 0.126. The maximum absolute atomic E-state index is 12.6. The molecule has 0 bridgehead atoms. The first-order valence-corrected chi connectivity index (χ1v) is 6.51. The molecule has 0 N–H and O–H groups in total. The van der Waals surface area contributed by atoms with Crippen LogP contribution < -0.4 is 10.4 Å². The van der Waals surface area contributed by atoms with Crippen molar-refractivity contribution in [2.75, 3.05) is 7.11 Å². The van der Waals surface area contributed by atoms with Crippen molar-refractivity contribution in [2.24, 2.45) is 0 Å². The Bertz CT molecular complexity index is 830. The SMILES string of the molecule is CC=Cc1cc2cc3cccccc-3c2c(=O)n1OC. The van der Waals surface area contributed by atoms with Gasteiger partial charge in [-0.05, 0) is 41.6 Å². The van der Waals surface area contributed by atoms with E-state index in [-0.39, 0.29) is 5.56 Å². The number of fused-ring (bicyclic) bond motifs is 3. The number of hydrogen-bond acceptors (Lipinski definition) is 2. The van der Waals surface area contributed by atoms with Crippen LogP contribution in [-0.2, 0) is 0 Å². The molecule has 1 heterocycles. The van der Waals surface area contributed by atoms with Gasteiger partial charge in [-0.1, -0.05) is 36.4 Å². The van der Waals surface area contributed by atoms with E-state index in [2.05, 4.69) is 0 Å². The molecule has 0 unspecified atom stereocenters. The third kappa shape index (κ3) is 1.79. The lowest BCUT2D eigenvalue weighted by molar-refractivity contribution is 0.157. The van der Waals surface area contributed by atoms with Crippen LogP contribution in [0.5, 0.6) is 0 Å². The first kappa shape index (κ1) is 12.5. The van der Waals surface area contributed by atoms with Gasteiger partial charge in [0, 0.05) is 0 Å². The van der Waals surface area contributed by atoms with Gasteiger partial charge in [-0.2, -0.15) is 0 Å². The number of hydrogen-bond donors (Lipinski definition) is 0. The fourth-order valence-electron chi connectivity index (χ4n) is 2.57. The van der Waals surface area contributed by atoms with E-state index >= 15 is 0 Å². The molecule has 1 aromatic rings. The molecule has 0 saturated heterocycles. The fraction of sp³-hybridized carbons (Fsp3) is 0.118. The maximum Gasteiger partial charge on any atom is 0.292 e. The second-order valence-electron chi connectivity index (χ2n) is 4.61. The topological polar surface area (TPSA) is 31.2 Å². The minimum Gasteiger partial charge on any atom is -0.413 e. The number of aromatic nitrogens is 1. The lowest BCUT2D eigenvalue weighted by Gasteiger charge is -2.08. The van der Waals surface area contributed by atoms with Crippen molar-refractivity contribution >= 4 is 16.8 Å². The highest BCUT2D eigenvalue weighted by Gasteiger charge is 2.15. The maximum atomic E-state index is 12.6. The fourth-order valence-corrected chi connectivity index (χ4v) is 2.57. The third-order valence-corrected chi connectivity index (χ3v) is 3.40. The molecule has 0 spiro atoms. The second kappa shape index (κ2) is 4.85. The number of pyridine rings is 1. The largest absolute Gasteiger partial charge is 0.413 e. The summed E-state index contributed by atoms with van der Waals surface area (Å²) in [7, 11) is 1.51. The van der Waals surface area contributed by atoms with Crippen molar-refractivity contribution in [3.8, 4) is 11.1 Å². The van der Waals surface area contributed by atoms with E-state index in [4.69, 9.17) is 4.84 Å². The molecule has 3 nitrogen and oxygen atoms in total. The Morgan fingerprint density at radius 2 is 1.95 bits per heavy atom. The summed E-state index contributed by atoms with van der Waals surface area (Å²) in [5.74, 6) is 0. The molecular formula is C17H15NO2. The first-order chi connectivity index (χ1) is 9.76. The first-order valence-electron chi connectivity index (χ1n) is 6.51. The summed E-state index contributed by atoms with van der Waals surface area (Å²) in [5.41, 5.74) is 2.63. The highest BCUT2D eigenvalue weighted by atomic mass is 16.6. The van der Waals surface area contributed by atoms with Crippen LogP contribution in [-0.4, -0.2) is 11.8 Å². The van der Waals surface area contributed by atoms with Crippen LogP contribution in [0.1, 0.15) is 12.6 Å². The van der Waals surface area contributed by atoms with Gasteiger partial charge in [0.15, 0.2) is 0 Å². The second-order valence-corrected chi connectivity index (χ2v) is 4.61. The summed E-state index contributed by atoms with van der Waals surface area (Å²) in [6.07, 6.45) is 3.75. The van der Waals surface area contributed by atoms with Gasteiger partial charge in [0.2, 0.25) is 0 Å². The Labute approximate surface area is 117 Å². The molecule has 0 amide bonds. The Morgan fingerprint density at radius 3 is 2.70 bits per heavy atom. The Balaban J connectivity index is 2.48. The van der Waals surface area contributed by atoms with Gasteiger partial charge in [-0.3, -0.25) is 4.79 Å². The predicted octanol–water partition coefficient (Wildman–Crippen LogP) is 3.20. The lowest BCUT2D eigenvalue weighted by atomic mass is 10.1. The molecule has 0 aromatic carbocycles. The van der Waals surface area contributed by atoms with E-state index < -0.39 is 0 Å². The summed E-state index contributed by atoms with van der Waals surface area (Å²) in [5, 5.41) is 1.64. The smallest absolute Gasteiger partial charge is 0.292 e. The summed E-state index contributed by atoms with van der Waals surface area (Å²) >= 11 is 0. The number of allylic oxidation sites excluding steroid dienone is 1. The van der Waals surface area contributed by atoms with Crippen molar-refractivity contribution in [2.45, 2.75) is 6.92 Å². The molecule has 20 heavy (non-hydrogen) atoms. The molecule has 3 rings (SSSR count). The monoisotopic (exact) mass is 265 g/mol. The van der Waals surface area contributed by atoms with Crippen molar-refractivity contribution in [1.29, 1.82) is 0 Å². The average Bonchev–Trinajstić information content (AvgIpc) is 2.62. The zero-order chi connectivity index (χ0) is 14.1.